The highest BCUT2D eigenvalue weighted by atomic mass is 31.0. The van der Waals surface area contributed by atoms with Crippen molar-refractivity contribution in [1.29, 1.82) is 0 Å². The fourth-order valence-corrected chi connectivity index (χ4v) is 1.71. The van der Waals surface area contributed by atoms with Gasteiger partial charge in [0.15, 0.2) is 0 Å². The van der Waals surface area contributed by atoms with Crippen LogP contribution in [0.15, 0.2) is 18.2 Å². The summed E-state index contributed by atoms with van der Waals surface area (Å²) in [6.07, 6.45) is 7.01. The first-order chi connectivity index (χ1) is 5.36. The summed E-state index contributed by atoms with van der Waals surface area (Å²) in [5.74, 6) is 0. The smallest absolute Gasteiger partial charge is 0.0221 e. The van der Waals surface area contributed by atoms with E-state index in [0.29, 0.717) is 0 Å². The summed E-state index contributed by atoms with van der Waals surface area (Å²) in [5.41, 5.74) is 0. The summed E-state index contributed by atoms with van der Waals surface area (Å²) in [6, 6.07) is 6.54. The van der Waals surface area contributed by atoms with Gasteiger partial charge in [0.25, 0.3) is 0 Å². The number of benzene rings is 1. The third-order valence-corrected chi connectivity index (χ3v) is 2.37. The van der Waals surface area contributed by atoms with Crippen molar-refractivity contribution in [3.63, 3.8) is 0 Å². The van der Waals surface area contributed by atoms with Crippen molar-refractivity contribution >= 4 is 26.7 Å². The molecule has 0 N–H and O–H groups in total. The zero-order valence-electron chi connectivity index (χ0n) is 6.38. The van der Waals surface area contributed by atoms with Crippen LogP contribution in [0.4, 0.5) is 0 Å². The highest BCUT2D eigenvalue weighted by Gasteiger charge is 1.91. The van der Waals surface area contributed by atoms with Crippen LogP contribution in [0.25, 0.3) is 12.2 Å². The Bertz CT molecular complexity index is 376. The minimum absolute atomic E-state index is 1.20. The number of hydrogen-bond acceptors (Lipinski definition) is 0. The molecule has 11 heavy (non-hydrogen) atoms. The van der Waals surface area contributed by atoms with Crippen LogP contribution in [0.5, 0.6) is 0 Å². The zero-order valence-corrected chi connectivity index (χ0v) is 7.53. The van der Waals surface area contributed by atoms with Gasteiger partial charge < -0.3 is 0 Å². The van der Waals surface area contributed by atoms with Gasteiger partial charge in [-0.3, -0.25) is 0 Å². The molecule has 0 aliphatic heterocycles. The lowest BCUT2D eigenvalue weighted by Gasteiger charge is -1.99. The molecule has 0 spiro atoms. The van der Waals surface area contributed by atoms with Crippen molar-refractivity contribution in [2.24, 2.45) is 0 Å². The Kier molecular flexibility index (Phi) is 1.79. The van der Waals surface area contributed by atoms with Gasteiger partial charge in [-0.2, -0.15) is 0 Å². The molecule has 0 bridgehead atoms. The Labute approximate surface area is 68.8 Å². The third-order valence-electron chi connectivity index (χ3n) is 2.01. The predicted molar refractivity (Wildman–Crippen MR) is 53.2 cm³/mol. The summed E-state index contributed by atoms with van der Waals surface area (Å²) in [7, 11) is 2.73. The zero-order chi connectivity index (χ0) is 7.68. The minimum Gasteiger partial charge on any atom is -0.106 e. The standard InChI is InChI=1S/C10H11P/c11-10-6-5-8-3-1-2-4-9(8)7-10/h3-7H,1-2,11H2. The molecule has 1 aromatic rings. The van der Waals surface area contributed by atoms with Crippen LogP contribution in [-0.4, -0.2) is 0 Å². The molecule has 1 aliphatic rings. The first kappa shape index (κ1) is 7.06. The Balaban J connectivity index is 2.80. The van der Waals surface area contributed by atoms with Crippen LogP contribution in [-0.2, 0) is 0 Å². The van der Waals surface area contributed by atoms with E-state index in [0.717, 1.165) is 0 Å². The van der Waals surface area contributed by atoms with E-state index in [2.05, 4.69) is 39.6 Å². The Morgan fingerprint density at radius 1 is 1.00 bits per heavy atom. The minimum atomic E-state index is 1.20. The largest absolute Gasteiger partial charge is 0.106 e. The first-order valence-electron chi connectivity index (χ1n) is 3.92. The monoisotopic (exact) mass is 162 g/mol. The molecule has 0 nitrogen and oxygen atoms in total. The van der Waals surface area contributed by atoms with Gasteiger partial charge in [-0.1, -0.05) is 24.3 Å². The molecule has 0 saturated carbocycles. The van der Waals surface area contributed by atoms with E-state index in [-0.39, 0.29) is 0 Å². The number of fused-ring (bicyclic) bond motifs is 1. The molecule has 56 valence electrons. The van der Waals surface area contributed by atoms with Gasteiger partial charge in [0.2, 0.25) is 0 Å². The van der Waals surface area contributed by atoms with Gasteiger partial charge in [0.1, 0.15) is 0 Å². The molecule has 0 saturated heterocycles. The van der Waals surface area contributed by atoms with Crippen molar-refractivity contribution in [1.82, 2.24) is 0 Å². The van der Waals surface area contributed by atoms with Crippen molar-refractivity contribution < 1.29 is 0 Å². The maximum Gasteiger partial charge on any atom is -0.0221 e. The molecular weight excluding hydrogens is 151 g/mol. The lowest BCUT2D eigenvalue weighted by Crippen LogP contribution is -2.28. The van der Waals surface area contributed by atoms with Crippen molar-refractivity contribution in [2.75, 3.05) is 0 Å². The molecule has 0 amide bonds. The quantitative estimate of drug-likeness (QED) is 0.488. The Morgan fingerprint density at radius 3 is 2.55 bits per heavy atom. The molecule has 1 heteroatoms. The van der Waals surface area contributed by atoms with Gasteiger partial charge in [-0.05, 0) is 34.6 Å². The molecule has 1 atom stereocenters. The van der Waals surface area contributed by atoms with Crippen LogP contribution in [0.1, 0.15) is 12.8 Å². The van der Waals surface area contributed by atoms with Crippen LogP contribution < -0.4 is 15.7 Å². The highest BCUT2D eigenvalue weighted by molar-refractivity contribution is 7.27. The molecular formula is C10H11P. The highest BCUT2D eigenvalue weighted by Crippen LogP contribution is 1.94. The normalized spacial score (nSPS) is 14.6. The maximum atomic E-state index is 2.73. The van der Waals surface area contributed by atoms with Crippen molar-refractivity contribution in [3.8, 4) is 0 Å². The van der Waals surface area contributed by atoms with Crippen molar-refractivity contribution in [3.05, 3.63) is 28.6 Å². The number of hydrogen-bond donors (Lipinski definition) is 0. The molecule has 1 aliphatic carbocycles. The van der Waals surface area contributed by atoms with Gasteiger partial charge in [0, 0.05) is 0 Å². The fraction of sp³-hybridized carbons (Fsp3) is 0.200. The van der Waals surface area contributed by atoms with E-state index in [1.807, 2.05) is 0 Å². The van der Waals surface area contributed by atoms with E-state index < -0.39 is 0 Å². The van der Waals surface area contributed by atoms with Gasteiger partial charge >= 0.3 is 0 Å². The van der Waals surface area contributed by atoms with E-state index in [9.17, 15) is 0 Å². The molecule has 0 heterocycles. The summed E-state index contributed by atoms with van der Waals surface area (Å²) in [5, 5.41) is 4.06. The molecule has 1 unspecified atom stereocenters. The lowest BCUT2D eigenvalue weighted by atomic mass is 10.1. The molecule has 2 rings (SSSR count). The van der Waals surface area contributed by atoms with Crippen LogP contribution >= 0.6 is 9.24 Å². The van der Waals surface area contributed by atoms with E-state index in [4.69, 9.17) is 0 Å². The first-order valence-corrected chi connectivity index (χ1v) is 4.50. The van der Waals surface area contributed by atoms with E-state index in [1.54, 1.807) is 0 Å². The average molecular weight is 162 g/mol. The van der Waals surface area contributed by atoms with Crippen LogP contribution in [0.2, 0.25) is 0 Å². The second-order valence-electron chi connectivity index (χ2n) is 2.87. The van der Waals surface area contributed by atoms with Crippen LogP contribution in [0, 0.1) is 0 Å². The van der Waals surface area contributed by atoms with E-state index in [1.165, 1.54) is 28.6 Å². The van der Waals surface area contributed by atoms with Gasteiger partial charge in [0.05, 0.1) is 0 Å². The Hall–Kier alpha value is -0.610. The van der Waals surface area contributed by atoms with Gasteiger partial charge in [-0.25, -0.2) is 0 Å². The second-order valence-corrected chi connectivity index (χ2v) is 3.54. The maximum absolute atomic E-state index is 2.73. The topological polar surface area (TPSA) is 0 Å². The SMILES string of the molecule is Pc1ccc2c(c1)=CCCC=2. The van der Waals surface area contributed by atoms with Gasteiger partial charge in [-0.15, -0.1) is 9.24 Å². The second kappa shape index (κ2) is 2.79. The predicted octanol–water partition coefficient (Wildman–Crippen LogP) is 0.542. The Morgan fingerprint density at radius 2 is 1.73 bits per heavy atom. The lowest BCUT2D eigenvalue weighted by molar-refractivity contribution is 1.12. The van der Waals surface area contributed by atoms with E-state index >= 15 is 0 Å². The number of rotatable bonds is 0. The van der Waals surface area contributed by atoms with Crippen LogP contribution in [0.3, 0.4) is 0 Å². The molecule has 1 aromatic carbocycles. The van der Waals surface area contributed by atoms with Crippen molar-refractivity contribution in [2.45, 2.75) is 12.8 Å². The molecule has 0 fully saturated rings. The fourth-order valence-electron chi connectivity index (χ4n) is 1.43. The third kappa shape index (κ3) is 1.36. The molecule has 0 radical (unpaired) electrons. The molecule has 0 aromatic heterocycles. The summed E-state index contributed by atoms with van der Waals surface area (Å²) >= 11 is 0. The summed E-state index contributed by atoms with van der Waals surface area (Å²) in [6.45, 7) is 0. The summed E-state index contributed by atoms with van der Waals surface area (Å²) in [4.78, 5) is 0. The summed E-state index contributed by atoms with van der Waals surface area (Å²) < 4.78 is 0. The average Bonchev–Trinajstić information content (AvgIpc) is 2.04.